The lowest BCUT2D eigenvalue weighted by molar-refractivity contribution is 0.0693. The minimum absolute atomic E-state index is 0.0795. The van der Waals surface area contributed by atoms with E-state index in [1.54, 1.807) is 0 Å². The maximum absolute atomic E-state index is 12.4. The molecule has 1 aliphatic heterocycles. The van der Waals surface area contributed by atoms with Crippen molar-refractivity contribution in [2.24, 2.45) is 0 Å². The van der Waals surface area contributed by atoms with Crippen LogP contribution in [0.2, 0.25) is 0 Å². The van der Waals surface area contributed by atoms with Crippen molar-refractivity contribution < 1.29 is 9.90 Å². The average molecular weight is 390 g/mol. The largest absolute Gasteiger partial charge is 0.477 e. The molecule has 2 N–H and O–H groups in total. The molecule has 0 aliphatic carbocycles. The first kappa shape index (κ1) is 16.4. The van der Waals surface area contributed by atoms with E-state index in [9.17, 15) is 9.59 Å². The summed E-state index contributed by atoms with van der Waals surface area (Å²) < 4.78 is 2.47. The van der Waals surface area contributed by atoms with Crippen LogP contribution in [0.3, 0.4) is 0 Å². The molecule has 24 heavy (non-hydrogen) atoms. The molecule has 0 saturated heterocycles. The highest BCUT2D eigenvalue weighted by atomic mass is 79.9. The van der Waals surface area contributed by atoms with Gasteiger partial charge in [-0.1, -0.05) is 15.9 Å². The number of rotatable bonds is 3. The van der Waals surface area contributed by atoms with E-state index in [4.69, 9.17) is 5.11 Å². The van der Waals surface area contributed by atoms with Crippen molar-refractivity contribution in [2.75, 3.05) is 5.32 Å². The van der Waals surface area contributed by atoms with Crippen LogP contribution in [0.1, 0.15) is 42.0 Å². The molecule has 2 heterocycles. The van der Waals surface area contributed by atoms with Crippen LogP contribution in [-0.2, 0) is 0 Å². The van der Waals surface area contributed by atoms with Crippen molar-refractivity contribution in [3.8, 4) is 0 Å². The summed E-state index contributed by atoms with van der Waals surface area (Å²) in [6.45, 7) is 1.90. The lowest BCUT2D eigenvalue weighted by Gasteiger charge is -2.26. The molecule has 2 aromatic rings. The van der Waals surface area contributed by atoms with Crippen LogP contribution in [-0.4, -0.2) is 20.6 Å². The standard InChI is InChI=1S/C17H16BrN3O3/c1-10-2-3-11(8-19-13-6-4-12(18)5-7-13)15-20-9-14(17(23)24)16(22)21(10)15/h4-10,19H,2-3H2,1H3,(H,23,24). The van der Waals surface area contributed by atoms with E-state index in [0.29, 0.717) is 5.82 Å². The van der Waals surface area contributed by atoms with E-state index in [2.05, 4.69) is 26.2 Å². The van der Waals surface area contributed by atoms with Crippen LogP contribution in [0.4, 0.5) is 5.69 Å². The van der Waals surface area contributed by atoms with Gasteiger partial charge in [0, 0.05) is 34.2 Å². The van der Waals surface area contributed by atoms with Gasteiger partial charge in [-0.15, -0.1) is 0 Å². The van der Waals surface area contributed by atoms with Gasteiger partial charge in [0.1, 0.15) is 11.4 Å². The Morgan fingerprint density at radius 3 is 2.79 bits per heavy atom. The summed E-state index contributed by atoms with van der Waals surface area (Å²) in [5.74, 6) is -0.729. The van der Waals surface area contributed by atoms with Gasteiger partial charge in [-0.25, -0.2) is 9.78 Å². The highest BCUT2D eigenvalue weighted by Crippen LogP contribution is 2.29. The number of fused-ring (bicyclic) bond motifs is 1. The summed E-state index contributed by atoms with van der Waals surface area (Å²) in [6.07, 6.45) is 4.49. The average Bonchev–Trinajstić information content (AvgIpc) is 2.55. The van der Waals surface area contributed by atoms with Crippen LogP contribution in [0.25, 0.3) is 5.57 Å². The number of anilines is 1. The zero-order valence-corrected chi connectivity index (χ0v) is 14.6. The molecule has 1 aromatic heterocycles. The summed E-state index contributed by atoms with van der Waals surface area (Å²) in [4.78, 5) is 27.8. The van der Waals surface area contributed by atoms with Crippen LogP contribution >= 0.6 is 15.9 Å². The number of carboxylic acids is 1. The fraction of sp³-hybridized carbons (Fsp3) is 0.235. The quantitative estimate of drug-likeness (QED) is 0.838. The minimum atomic E-state index is -1.25. The van der Waals surface area contributed by atoms with Crippen LogP contribution < -0.4 is 10.9 Å². The van der Waals surface area contributed by atoms with Crippen molar-refractivity contribution in [2.45, 2.75) is 25.8 Å². The van der Waals surface area contributed by atoms with E-state index in [1.807, 2.05) is 37.4 Å². The van der Waals surface area contributed by atoms with Crippen molar-refractivity contribution >= 4 is 33.2 Å². The Morgan fingerprint density at radius 1 is 1.42 bits per heavy atom. The second-order valence-electron chi connectivity index (χ2n) is 5.68. The molecule has 124 valence electrons. The first-order chi connectivity index (χ1) is 11.5. The number of benzene rings is 1. The number of aromatic nitrogens is 2. The molecule has 0 amide bonds. The molecule has 1 aromatic carbocycles. The second-order valence-corrected chi connectivity index (χ2v) is 6.60. The predicted molar refractivity (Wildman–Crippen MR) is 95.1 cm³/mol. The van der Waals surface area contributed by atoms with Gasteiger partial charge in [0.2, 0.25) is 0 Å². The maximum atomic E-state index is 12.4. The second kappa shape index (κ2) is 6.60. The van der Waals surface area contributed by atoms with Crippen molar-refractivity contribution in [1.82, 2.24) is 9.55 Å². The van der Waals surface area contributed by atoms with Crippen LogP contribution in [0.15, 0.2) is 45.9 Å². The third-order valence-corrected chi connectivity index (χ3v) is 4.57. The molecule has 6 nitrogen and oxygen atoms in total. The Bertz CT molecular complexity index is 872. The third kappa shape index (κ3) is 3.12. The van der Waals surface area contributed by atoms with E-state index in [1.165, 1.54) is 4.57 Å². The molecule has 1 unspecified atom stereocenters. The van der Waals surface area contributed by atoms with Gasteiger partial charge in [0.05, 0.1) is 0 Å². The molecule has 0 saturated carbocycles. The zero-order valence-electron chi connectivity index (χ0n) is 13.0. The highest BCUT2D eigenvalue weighted by molar-refractivity contribution is 9.10. The molecule has 7 heteroatoms. The van der Waals surface area contributed by atoms with Crippen molar-refractivity contribution in [3.63, 3.8) is 0 Å². The lowest BCUT2D eigenvalue weighted by Crippen LogP contribution is -2.34. The molecule has 0 radical (unpaired) electrons. The SMILES string of the molecule is CC1CCC(=CNc2ccc(Br)cc2)c2ncc(C(=O)O)c(=O)n21. The number of hydrogen-bond acceptors (Lipinski definition) is 4. The molecule has 1 aliphatic rings. The van der Waals surface area contributed by atoms with E-state index < -0.39 is 11.5 Å². The summed E-state index contributed by atoms with van der Waals surface area (Å²) in [5, 5.41) is 12.3. The van der Waals surface area contributed by atoms with E-state index >= 15 is 0 Å². The lowest BCUT2D eigenvalue weighted by atomic mass is 10.0. The summed E-state index contributed by atoms with van der Waals surface area (Å²) in [7, 11) is 0. The molecule has 1 atom stereocenters. The first-order valence-corrected chi connectivity index (χ1v) is 8.33. The summed E-state index contributed by atoms with van der Waals surface area (Å²) in [5.41, 5.74) is 0.993. The fourth-order valence-corrected chi connectivity index (χ4v) is 2.99. The molecule has 0 bridgehead atoms. The number of nitrogens with zero attached hydrogens (tertiary/aromatic N) is 2. The molecular weight excluding hydrogens is 374 g/mol. The number of allylic oxidation sites excluding steroid dienone is 1. The molecular formula is C17H16BrN3O3. The number of nitrogens with one attached hydrogen (secondary N) is 1. The number of halogens is 1. The number of carboxylic acid groups (broad SMARTS) is 1. The van der Waals surface area contributed by atoms with Gasteiger partial charge in [-0.3, -0.25) is 9.36 Å². The monoisotopic (exact) mass is 389 g/mol. The van der Waals surface area contributed by atoms with Gasteiger partial charge in [-0.05, 0) is 44.0 Å². The topological polar surface area (TPSA) is 84.2 Å². The normalized spacial score (nSPS) is 18.2. The Labute approximate surface area is 147 Å². The summed E-state index contributed by atoms with van der Waals surface area (Å²) >= 11 is 3.39. The van der Waals surface area contributed by atoms with Gasteiger partial charge >= 0.3 is 5.97 Å². The Morgan fingerprint density at radius 2 is 2.12 bits per heavy atom. The van der Waals surface area contributed by atoms with Gasteiger partial charge < -0.3 is 10.4 Å². The Balaban J connectivity index is 1.98. The van der Waals surface area contributed by atoms with E-state index in [0.717, 1.165) is 34.8 Å². The van der Waals surface area contributed by atoms with Gasteiger partial charge in [0.25, 0.3) is 5.56 Å². The third-order valence-electron chi connectivity index (χ3n) is 4.04. The first-order valence-electron chi connectivity index (χ1n) is 7.53. The Kier molecular flexibility index (Phi) is 4.53. The van der Waals surface area contributed by atoms with Crippen LogP contribution in [0, 0.1) is 0 Å². The summed E-state index contributed by atoms with van der Waals surface area (Å²) in [6, 6.07) is 7.64. The molecule has 3 rings (SSSR count). The number of aromatic carboxylic acids is 1. The van der Waals surface area contributed by atoms with E-state index in [-0.39, 0.29) is 11.6 Å². The number of hydrogen-bond donors (Lipinski definition) is 2. The van der Waals surface area contributed by atoms with Crippen LogP contribution in [0.5, 0.6) is 0 Å². The van der Waals surface area contributed by atoms with Crippen molar-refractivity contribution in [3.05, 3.63) is 62.9 Å². The Hall–Kier alpha value is -2.41. The smallest absolute Gasteiger partial charge is 0.342 e. The highest BCUT2D eigenvalue weighted by Gasteiger charge is 2.25. The fourth-order valence-electron chi connectivity index (χ4n) is 2.72. The number of carbonyl (C=O) groups is 1. The molecule has 0 spiro atoms. The maximum Gasteiger partial charge on any atom is 0.342 e. The van der Waals surface area contributed by atoms with Crippen molar-refractivity contribution in [1.29, 1.82) is 0 Å². The van der Waals surface area contributed by atoms with Gasteiger partial charge in [-0.2, -0.15) is 0 Å². The molecule has 0 fully saturated rings. The minimum Gasteiger partial charge on any atom is -0.477 e. The predicted octanol–water partition coefficient (Wildman–Crippen LogP) is 3.51. The zero-order chi connectivity index (χ0) is 17.3. The van der Waals surface area contributed by atoms with Gasteiger partial charge in [0.15, 0.2) is 0 Å².